The molecule has 0 spiro atoms. The molecule has 0 saturated carbocycles. The topological polar surface area (TPSA) is 55.4 Å². The molecule has 2 aromatic rings. The van der Waals surface area contributed by atoms with Gasteiger partial charge in [-0.1, -0.05) is 19.1 Å². The van der Waals surface area contributed by atoms with Gasteiger partial charge in [-0.3, -0.25) is 4.79 Å². The highest BCUT2D eigenvalue weighted by molar-refractivity contribution is 7.17. The van der Waals surface area contributed by atoms with E-state index in [0.717, 1.165) is 42.5 Å². The smallest absolute Gasteiger partial charge is 0.341 e. The summed E-state index contributed by atoms with van der Waals surface area (Å²) in [5, 5.41) is 3.18. The van der Waals surface area contributed by atoms with Gasteiger partial charge in [-0.15, -0.1) is 11.3 Å². The second-order valence-corrected chi connectivity index (χ2v) is 7.09. The molecule has 6 heteroatoms. The van der Waals surface area contributed by atoms with Gasteiger partial charge in [0.25, 0.3) is 5.91 Å². The number of carbonyl (C=O) groups is 2. The Morgan fingerprint density at radius 3 is 2.76 bits per heavy atom. The fourth-order valence-electron chi connectivity index (χ4n) is 2.95. The molecule has 1 aliphatic rings. The number of esters is 1. The maximum atomic E-state index is 13.8. The lowest BCUT2D eigenvalue weighted by Gasteiger charge is -2.12. The Hall–Kier alpha value is -2.21. The first kappa shape index (κ1) is 17.6. The van der Waals surface area contributed by atoms with Crippen LogP contribution in [0.5, 0.6) is 0 Å². The number of hydrogen-bond acceptors (Lipinski definition) is 4. The number of amides is 1. The second kappa shape index (κ2) is 7.78. The first-order valence-electron chi connectivity index (χ1n) is 8.49. The van der Waals surface area contributed by atoms with Crippen molar-refractivity contribution in [2.75, 3.05) is 11.9 Å². The highest BCUT2D eigenvalue weighted by atomic mass is 32.1. The third-order valence-corrected chi connectivity index (χ3v) is 5.37. The molecule has 132 valence electrons. The molecule has 4 nitrogen and oxygen atoms in total. The fraction of sp³-hybridized carbons (Fsp3) is 0.368. The Morgan fingerprint density at radius 1 is 1.24 bits per heavy atom. The summed E-state index contributed by atoms with van der Waals surface area (Å²) in [6.07, 6.45) is 4.51. The highest BCUT2D eigenvalue weighted by Crippen LogP contribution is 2.38. The van der Waals surface area contributed by atoms with Gasteiger partial charge in [-0.2, -0.15) is 0 Å². The number of ether oxygens (including phenoxy) is 1. The van der Waals surface area contributed by atoms with E-state index >= 15 is 0 Å². The third-order valence-electron chi connectivity index (χ3n) is 4.16. The van der Waals surface area contributed by atoms with Gasteiger partial charge in [-0.05, 0) is 49.8 Å². The number of hydrogen-bond donors (Lipinski definition) is 1. The summed E-state index contributed by atoms with van der Waals surface area (Å²) in [6, 6.07) is 5.80. The number of nitrogens with one attached hydrogen (secondary N) is 1. The summed E-state index contributed by atoms with van der Waals surface area (Å²) in [6.45, 7) is 2.27. The number of thiophene rings is 1. The molecule has 0 unspecified atom stereocenters. The van der Waals surface area contributed by atoms with Crippen LogP contribution in [0.4, 0.5) is 9.39 Å². The van der Waals surface area contributed by atoms with Gasteiger partial charge < -0.3 is 10.1 Å². The number of carbonyl (C=O) groups excluding carboxylic acids is 2. The average molecular weight is 361 g/mol. The summed E-state index contributed by atoms with van der Waals surface area (Å²) >= 11 is 1.40. The van der Waals surface area contributed by atoms with Crippen LogP contribution < -0.4 is 5.32 Å². The van der Waals surface area contributed by atoms with Crippen molar-refractivity contribution in [2.24, 2.45) is 0 Å². The second-order valence-electron chi connectivity index (χ2n) is 5.98. The molecule has 1 N–H and O–H groups in total. The van der Waals surface area contributed by atoms with E-state index in [1.165, 1.54) is 29.5 Å². The van der Waals surface area contributed by atoms with Gasteiger partial charge in [0.15, 0.2) is 0 Å². The lowest BCUT2D eigenvalue weighted by Crippen LogP contribution is -2.17. The summed E-state index contributed by atoms with van der Waals surface area (Å²) < 4.78 is 19.1. The quantitative estimate of drug-likeness (QED) is 0.793. The Labute approximate surface area is 150 Å². The molecule has 1 amide bonds. The summed E-state index contributed by atoms with van der Waals surface area (Å²) in [5.41, 5.74) is 1.38. The molecule has 0 atom stereocenters. The normalized spacial score (nSPS) is 13.2. The van der Waals surface area contributed by atoms with Crippen LogP contribution in [-0.4, -0.2) is 18.5 Å². The molecule has 1 aromatic heterocycles. The highest BCUT2D eigenvalue weighted by Gasteiger charge is 2.27. The third kappa shape index (κ3) is 3.74. The maximum Gasteiger partial charge on any atom is 0.341 e. The number of fused-ring (bicyclic) bond motifs is 1. The lowest BCUT2D eigenvalue weighted by molar-refractivity contribution is 0.0505. The Kier molecular flexibility index (Phi) is 5.48. The van der Waals surface area contributed by atoms with Crippen molar-refractivity contribution in [3.63, 3.8) is 0 Å². The van der Waals surface area contributed by atoms with Crippen LogP contribution >= 0.6 is 11.3 Å². The van der Waals surface area contributed by atoms with Gasteiger partial charge in [-0.25, -0.2) is 9.18 Å². The fourth-order valence-corrected chi connectivity index (χ4v) is 4.23. The zero-order valence-corrected chi connectivity index (χ0v) is 14.9. The van der Waals surface area contributed by atoms with Crippen molar-refractivity contribution in [3.8, 4) is 0 Å². The lowest BCUT2D eigenvalue weighted by atomic mass is 9.95. The Morgan fingerprint density at radius 2 is 2.00 bits per heavy atom. The monoisotopic (exact) mass is 361 g/mol. The van der Waals surface area contributed by atoms with Crippen LogP contribution in [0.3, 0.4) is 0 Å². The molecule has 0 saturated heterocycles. The van der Waals surface area contributed by atoms with Crippen molar-refractivity contribution in [1.82, 2.24) is 0 Å². The van der Waals surface area contributed by atoms with Crippen molar-refractivity contribution in [2.45, 2.75) is 39.0 Å². The SMILES string of the molecule is CCCOC(=O)c1c(NC(=O)c2ccccc2F)sc2c1CCCC2. The summed E-state index contributed by atoms with van der Waals surface area (Å²) in [7, 11) is 0. The summed E-state index contributed by atoms with van der Waals surface area (Å²) in [4.78, 5) is 26.1. The zero-order valence-electron chi connectivity index (χ0n) is 14.1. The van der Waals surface area contributed by atoms with Gasteiger partial charge in [0.2, 0.25) is 0 Å². The molecule has 1 aliphatic carbocycles. The first-order chi connectivity index (χ1) is 12.1. The van der Waals surface area contributed by atoms with E-state index in [-0.39, 0.29) is 5.56 Å². The molecule has 0 radical (unpaired) electrons. The Balaban J connectivity index is 1.92. The molecule has 0 bridgehead atoms. The van der Waals surface area contributed by atoms with E-state index in [9.17, 15) is 14.0 Å². The number of aryl methyl sites for hydroxylation is 1. The molecule has 25 heavy (non-hydrogen) atoms. The molecule has 1 heterocycles. The van der Waals surface area contributed by atoms with Crippen molar-refractivity contribution >= 4 is 28.2 Å². The number of rotatable bonds is 5. The van der Waals surface area contributed by atoms with Gasteiger partial charge in [0.1, 0.15) is 10.8 Å². The van der Waals surface area contributed by atoms with Crippen LogP contribution in [-0.2, 0) is 17.6 Å². The van der Waals surface area contributed by atoms with Crippen molar-refractivity contribution in [3.05, 3.63) is 51.7 Å². The first-order valence-corrected chi connectivity index (χ1v) is 9.31. The number of halogens is 1. The van der Waals surface area contributed by atoms with E-state index in [4.69, 9.17) is 4.74 Å². The van der Waals surface area contributed by atoms with Crippen LogP contribution in [0.1, 0.15) is 57.3 Å². The van der Waals surface area contributed by atoms with E-state index in [1.54, 1.807) is 6.07 Å². The Bertz CT molecular complexity index is 800. The molecule has 3 rings (SSSR count). The predicted molar refractivity (Wildman–Crippen MR) is 95.9 cm³/mol. The molecular weight excluding hydrogens is 341 g/mol. The van der Waals surface area contributed by atoms with E-state index in [2.05, 4.69) is 5.32 Å². The average Bonchev–Trinajstić information content (AvgIpc) is 2.97. The minimum atomic E-state index is -0.587. The largest absolute Gasteiger partial charge is 0.462 e. The van der Waals surface area contributed by atoms with Crippen LogP contribution in [0.25, 0.3) is 0 Å². The van der Waals surface area contributed by atoms with Gasteiger partial charge in [0.05, 0.1) is 17.7 Å². The number of benzene rings is 1. The number of anilines is 1. The van der Waals surface area contributed by atoms with Crippen LogP contribution in [0, 0.1) is 5.82 Å². The molecule has 0 fully saturated rings. The molecule has 0 aliphatic heterocycles. The van der Waals surface area contributed by atoms with Gasteiger partial charge >= 0.3 is 5.97 Å². The minimum absolute atomic E-state index is 0.0400. The van der Waals surface area contributed by atoms with Gasteiger partial charge in [0, 0.05) is 4.88 Å². The molecule has 1 aromatic carbocycles. The van der Waals surface area contributed by atoms with Crippen molar-refractivity contribution < 1.29 is 18.7 Å². The van der Waals surface area contributed by atoms with Crippen molar-refractivity contribution in [1.29, 1.82) is 0 Å². The van der Waals surface area contributed by atoms with E-state index < -0.39 is 17.7 Å². The standard InChI is InChI=1S/C19H20FNO3S/c1-2-11-24-19(23)16-13-8-4-6-10-15(13)25-18(16)21-17(22)12-7-3-5-9-14(12)20/h3,5,7,9H,2,4,6,8,10-11H2,1H3,(H,21,22). The van der Waals surface area contributed by atoms with Crippen LogP contribution in [0.2, 0.25) is 0 Å². The zero-order chi connectivity index (χ0) is 17.8. The van der Waals surface area contributed by atoms with Crippen LogP contribution in [0.15, 0.2) is 24.3 Å². The van der Waals surface area contributed by atoms with E-state index in [1.807, 2.05) is 6.92 Å². The minimum Gasteiger partial charge on any atom is -0.462 e. The summed E-state index contributed by atoms with van der Waals surface area (Å²) in [5.74, 6) is -1.55. The molecular formula is C19H20FNO3S. The van der Waals surface area contributed by atoms with E-state index in [0.29, 0.717) is 17.2 Å². The maximum absolute atomic E-state index is 13.8. The predicted octanol–water partition coefficient (Wildman–Crippen LogP) is 4.59.